The van der Waals surface area contributed by atoms with Crippen LogP contribution in [0.2, 0.25) is 10.0 Å². The van der Waals surface area contributed by atoms with Crippen LogP contribution in [0.3, 0.4) is 0 Å². The fourth-order valence-corrected chi connectivity index (χ4v) is 4.61. The van der Waals surface area contributed by atoms with Crippen LogP contribution in [0.15, 0.2) is 77.7 Å². The number of benzene rings is 3. The maximum Gasteiger partial charge on any atom is 0.264 e. The Kier molecular flexibility index (Phi) is 6.87. The van der Waals surface area contributed by atoms with Gasteiger partial charge in [-0.25, -0.2) is 8.42 Å². The van der Waals surface area contributed by atoms with E-state index in [1.165, 1.54) is 31.4 Å². The maximum absolute atomic E-state index is 13.3. The molecule has 0 atom stereocenters. The summed E-state index contributed by atoms with van der Waals surface area (Å²) in [6, 6.07) is 19.1. The van der Waals surface area contributed by atoms with E-state index < -0.39 is 22.5 Å². The average Bonchev–Trinajstić information content (AvgIpc) is 2.75. The van der Waals surface area contributed by atoms with Crippen molar-refractivity contribution < 1.29 is 17.9 Å². The van der Waals surface area contributed by atoms with Gasteiger partial charge in [0.2, 0.25) is 5.91 Å². The summed E-state index contributed by atoms with van der Waals surface area (Å²) in [5.41, 5.74) is 0.605. The number of methoxy groups -OCH3 is 1. The monoisotopic (exact) mass is 464 g/mol. The highest BCUT2D eigenvalue weighted by Gasteiger charge is 2.29. The third kappa shape index (κ3) is 4.87. The van der Waals surface area contributed by atoms with E-state index >= 15 is 0 Å². The Balaban J connectivity index is 1.95. The molecule has 0 unspecified atom stereocenters. The zero-order valence-corrected chi connectivity index (χ0v) is 18.2. The van der Waals surface area contributed by atoms with Crippen LogP contribution in [0.1, 0.15) is 0 Å². The second-order valence-corrected chi connectivity index (χ2v) is 8.82. The molecule has 0 heterocycles. The Hall–Kier alpha value is -2.74. The lowest BCUT2D eigenvalue weighted by Gasteiger charge is -2.25. The summed E-state index contributed by atoms with van der Waals surface area (Å²) in [5, 5.41) is 2.89. The first kappa shape index (κ1) is 22.0. The number of carbonyl (C=O) groups is 1. The second kappa shape index (κ2) is 9.38. The SMILES string of the molecule is COc1ccc(NC(=O)CN(c2cccc(Cl)c2Cl)S(=O)(=O)c2ccccc2)cc1. The number of nitrogens with zero attached hydrogens (tertiary/aromatic N) is 1. The molecule has 0 radical (unpaired) electrons. The molecular formula is C21H18Cl2N2O4S. The summed E-state index contributed by atoms with van der Waals surface area (Å²) in [5.74, 6) is 0.0858. The molecule has 30 heavy (non-hydrogen) atoms. The van der Waals surface area contributed by atoms with Crippen LogP contribution < -0.4 is 14.4 Å². The van der Waals surface area contributed by atoms with Crippen LogP contribution in [0.25, 0.3) is 0 Å². The number of ether oxygens (including phenoxy) is 1. The van der Waals surface area contributed by atoms with E-state index in [2.05, 4.69) is 5.32 Å². The lowest BCUT2D eigenvalue weighted by atomic mass is 10.3. The van der Waals surface area contributed by atoms with Crippen molar-refractivity contribution >= 4 is 50.5 Å². The number of halogens is 2. The lowest BCUT2D eigenvalue weighted by Crippen LogP contribution is -2.38. The predicted octanol–water partition coefficient (Wildman–Crippen LogP) is 4.84. The van der Waals surface area contributed by atoms with Crippen molar-refractivity contribution in [3.05, 3.63) is 82.8 Å². The van der Waals surface area contributed by atoms with Crippen molar-refractivity contribution in [3.8, 4) is 5.75 Å². The minimum atomic E-state index is -4.08. The average molecular weight is 465 g/mol. The van der Waals surface area contributed by atoms with Gasteiger partial charge >= 0.3 is 0 Å². The van der Waals surface area contributed by atoms with Crippen molar-refractivity contribution in [2.45, 2.75) is 4.90 Å². The summed E-state index contributed by atoms with van der Waals surface area (Å²) in [7, 11) is -2.55. The minimum absolute atomic E-state index is 0.0262. The highest BCUT2D eigenvalue weighted by molar-refractivity contribution is 7.92. The van der Waals surface area contributed by atoms with Gasteiger partial charge in [0.25, 0.3) is 10.0 Å². The molecule has 6 nitrogen and oxygen atoms in total. The molecule has 3 aromatic carbocycles. The Bertz CT molecular complexity index is 1140. The van der Waals surface area contributed by atoms with E-state index in [0.717, 1.165) is 4.31 Å². The van der Waals surface area contributed by atoms with E-state index in [-0.39, 0.29) is 20.6 Å². The molecule has 0 aromatic heterocycles. The van der Waals surface area contributed by atoms with Gasteiger partial charge in [-0.1, -0.05) is 47.5 Å². The number of rotatable bonds is 7. The fourth-order valence-electron chi connectivity index (χ4n) is 2.71. The Morgan fingerprint density at radius 1 is 0.967 bits per heavy atom. The van der Waals surface area contributed by atoms with Gasteiger partial charge in [-0.15, -0.1) is 0 Å². The molecular weight excluding hydrogens is 447 g/mol. The quantitative estimate of drug-likeness (QED) is 0.542. The van der Waals surface area contributed by atoms with E-state index in [1.54, 1.807) is 48.5 Å². The summed E-state index contributed by atoms with van der Waals surface area (Å²) >= 11 is 12.4. The fraction of sp³-hybridized carbons (Fsp3) is 0.0952. The lowest BCUT2D eigenvalue weighted by molar-refractivity contribution is -0.114. The van der Waals surface area contributed by atoms with Gasteiger partial charge < -0.3 is 10.1 Å². The summed E-state index contributed by atoms with van der Waals surface area (Å²) in [6.45, 7) is -0.497. The minimum Gasteiger partial charge on any atom is -0.497 e. The number of hydrogen-bond acceptors (Lipinski definition) is 4. The summed E-state index contributed by atoms with van der Waals surface area (Å²) in [4.78, 5) is 12.7. The van der Waals surface area contributed by atoms with Crippen LogP contribution >= 0.6 is 23.2 Å². The predicted molar refractivity (Wildman–Crippen MR) is 119 cm³/mol. The van der Waals surface area contributed by atoms with E-state index in [9.17, 15) is 13.2 Å². The van der Waals surface area contributed by atoms with E-state index in [1.807, 2.05) is 0 Å². The van der Waals surface area contributed by atoms with Crippen molar-refractivity contribution in [2.24, 2.45) is 0 Å². The maximum atomic E-state index is 13.3. The standard InChI is InChI=1S/C21H18Cl2N2O4S/c1-29-16-12-10-15(11-13-16)24-20(26)14-25(19-9-5-8-18(22)21(19)23)30(27,28)17-6-3-2-4-7-17/h2-13H,14H2,1H3,(H,24,26). The number of carbonyl (C=O) groups excluding carboxylic acids is 1. The number of nitrogens with one attached hydrogen (secondary N) is 1. The van der Waals surface area contributed by atoms with Crippen LogP contribution in [0.5, 0.6) is 5.75 Å². The molecule has 3 rings (SSSR count). The van der Waals surface area contributed by atoms with Gasteiger partial charge in [-0.2, -0.15) is 0 Å². The first-order valence-corrected chi connectivity index (χ1v) is 11.0. The molecule has 1 amide bonds. The first-order chi connectivity index (χ1) is 14.3. The highest BCUT2D eigenvalue weighted by atomic mass is 35.5. The third-order valence-electron chi connectivity index (χ3n) is 4.19. The molecule has 0 fully saturated rings. The third-order valence-corrected chi connectivity index (χ3v) is 6.77. The van der Waals surface area contributed by atoms with E-state index in [0.29, 0.717) is 11.4 Å². The molecule has 0 saturated heterocycles. The van der Waals surface area contributed by atoms with Crippen molar-refractivity contribution in [1.82, 2.24) is 0 Å². The van der Waals surface area contributed by atoms with Crippen molar-refractivity contribution in [1.29, 1.82) is 0 Å². The number of hydrogen-bond donors (Lipinski definition) is 1. The zero-order valence-electron chi connectivity index (χ0n) is 15.9. The van der Waals surface area contributed by atoms with Crippen LogP contribution in [0.4, 0.5) is 11.4 Å². The van der Waals surface area contributed by atoms with Gasteiger partial charge in [0, 0.05) is 5.69 Å². The van der Waals surface area contributed by atoms with Crippen LogP contribution in [0, 0.1) is 0 Å². The van der Waals surface area contributed by atoms with Crippen molar-refractivity contribution in [2.75, 3.05) is 23.3 Å². The zero-order chi connectivity index (χ0) is 21.7. The second-order valence-electron chi connectivity index (χ2n) is 6.17. The topological polar surface area (TPSA) is 75.7 Å². The molecule has 3 aromatic rings. The van der Waals surface area contributed by atoms with E-state index in [4.69, 9.17) is 27.9 Å². The van der Waals surface area contributed by atoms with Crippen LogP contribution in [-0.4, -0.2) is 28.0 Å². The van der Waals surface area contributed by atoms with Crippen LogP contribution in [-0.2, 0) is 14.8 Å². The number of amides is 1. The number of sulfonamides is 1. The molecule has 156 valence electrons. The first-order valence-electron chi connectivity index (χ1n) is 8.78. The Labute approximate surface area is 185 Å². The van der Waals surface area contributed by atoms with Gasteiger partial charge in [0.15, 0.2) is 0 Å². The number of anilines is 2. The Morgan fingerprint density at radius 3 is 2.27 bits per heavy atom. The van der Waals surface area contributed by atoms with Crippen molar-refractivity contribution in [3.63, 3.8) is 0 Å². The molecule has 9 heteroatoms. The van der Waals surface area contributed by atoms with Gasteiger partial charge in [0.05, 0.1) is 27.7 Å². The Morgan fingerprint density at radius 2 is 1.63 bits per heavy atom. The van der Waals surface area contributed by atoms with Gasteiger partial charge in [0.1, 0.15) is 12.3 Å². The van der Waals surface area contributed by atoms with Gasteiger partial charge in [-0.3, -0.25) is 9.10 Å². The summed E-state index contributed by atoms with van der Waals surface area (Å²) in [6.07, 6.45) is 0. The molecule has 0 aliphatic carbocycles. The summed E-state index contributed by atoms with van der Waals surface area (Å²) < 4.78 is 32.6. The molecule has 0 saturated carbocycles. The normalized spacial score (nSPS) is 11.0. The van der Waals surface area contributed by atoms with Gasteiger partial charge in [-0.05, 0) is 48.5 Å². The smallest absolute Gasteiger partial charge is 0.264 e. The largest absolute Gasteiger partial charge is 0.497 e. The highest BCUT2D eigenvalue weighted by Crippen LogP contribution is 2.35. The molecule has 0 aliphatic rings. The molecule has 0 bridgehead atoms. The molecule has 0 aliphatic heterocycles. The molecule has 0 spiro atoms. The molecule has 1 N–H and O–H groups in total.